The SMILES string of the molecule is CC(C)c1c[nH]c(=S)n1-c1cc(Br)ccc1F. The van der Waals surface area contributed by atoms with E-state index in [0.29, 0.717) is 10.5 Å². The zero-order valence-electron chi connectivity index (χ0n) is 9.50. The quantitative estimate of drug-likeness (QED) is 0.806. The summed E-state index contributed by atoms with van der Waals surface area (Å²) in [6.07, 6.45) is 1.83. The highest BCUT2D eigenvalue weighted by Gasteiger charge is 2.13. The molecule has 2 rings (SSSR count). The Kier molecular flexibility index (Phi) is 3.49. The van der Waals surface area contributed by atoms with Gasteiger partial charge < -0.3 is 4.98 Å². The molecule has 0 unspecified atom stereocenters. The van der Waals surface area contributed by atoms with Gasteiger partial charge in [-0.1, -0.05) is 29.8 Å². The summed E-state index contributed by atoms with van der Waals surface area (Å²) in [6.45, 7) is 4.09. The average Bonchev–Trinajstić information content (AvgIpc) is 2.64. The molecule has 0 saturated carbocycles. The highest BCUT2D eigenvalue weighted by atomic mass is 79.9. The minimum absolute atomic E-state index is 0.265. The van der Waals surface area contributed by atoms with Crippen LogP contribution < -0.4 is 0 Å². The lowest BCUT2D eigenvalue weighted by molar-refractivity contribution is 0.612. The molecule has 17 heavy (non-hydrogen) atoms. The molecule has 0 spiro atoms. The van der Waals surface area contributed by atoms with E-state index in [1.54, 1.807) is 16.7 Å². The first kappa shape index (κ1) is 12.5. The van der Waals surface area contributed by atoms with Gasteiger partial charge in [-0.05, 0) is 36.3 Å². The molecule has 0 aliphatic carbocycles. The lowest BCUT2D eigenvalue weighted by atomic mass is 10.1. The van der Waals surface area contributed by atoms with Gasteiger partial charge in [0.05, 0.1) is 5.69 Å². The van der Waals surface area contributed by atoms with E-state index >= 15 is 0 Å². The van der Waals surface area contributed by atoms with E-state index in [0.717, 1.165) is 10.2 Å². The molecule has 0 bridgehead atoms. The van der Waals surface area contributed by atoms with E-state index in [2.05, 4.69) is 20.9 Å². The normalized spacial score (nSPS) is 11.1. The molecule has 1 heterocycles. The van der Waals surface area contributed by atoms with Crippen molar-refractivity contribution in [2.45, 2.75) is 19.8 Å². The van der Waals surface area contributed by atoms with Gasteiger partial charge in [0.2, 0.25) is 0 Å². The van der Waals surface area contributed by atoms with Gasteiger partial charge in [0.1, 0.15) is 5.82 Å². The van der Waals surface area contributed by atoms with Gasteiger partial charge in [-0.15, -0.1) is 0 Å². The van der Waals surface area contributed by atoms with E-state index in [1.165, 1.54) is 6.07 Å². The molecule has 0 aliphatic rings. The summed E-state index contributed by atoms with van der Waals surface area (Å²) in [5, 5.41) is 0. The number of rotatable bonds is 2. The molecule has 0 amide bonds. The zero-order valence-corrected chi connectivity index (χ0v) is 11.9. The number of nitrogens with zero attached hydrogens (tertiary/aromatic N) is 1. The molecule has 0 aliphatic heterocycles. The number of aromatic nitrogens is 2. The largest absolute Gasteiger partial charge is 0.337 e. The van der Waals surface area contributed by atoms with Crippen LogP contribution in [0, 0.1) is 10.6 Å². The third kappa shape index (κ3) is 2.35. The van der Waals surface area contributed by atoms with Gasteiger partial charge in [0, 0.05) is 16.4 Å². The standard InChI is InChI=1S/C12H12BrFN2S/c1-7(2)11-6-15-12(17)16(11)10-5-8(13)3-4-9(10)14/h3-7H,1-2H3,(H,15,17). The molecule has 2 nitrogen and oxygen atoms in total. The van der Waals surface area contributed by atoms with E-state index in [4.69, 9.17) is 12.2 Å². The summed E-state index contributed by atoms with van der Waals surface area (Å²) in [5.41, 5.74) is 1.43. The van der Waals surface area contributed by atoms with Crippen molar-refractivity contribution in [2.24, 2.45) is 0 Å². The molecule has 0 saturated heterocycles. The fraction of sp³-hybridized carbons (Fsp3) is 0.250. The van der Waals surface area contributed by atoms with Crippen molar-refractivity contribution in [1.29, 1.82) is 0 Å². The number of H-pyrrole nitrogens is 1. The molecule has 90 valence electrons. The van der Waals surface area contributed by atoms with Crippen LogP contribution in [0.25, 0.3) is 5.69 Å². The molecule has 0 atom stereocenters. The number of aromatic amines is 1. The van der Waals surface area contributed by atoms with Gasteiger partial charge in [-0.3, -0.25) is 4.57 Å². The second-order valence-electron chi connectivity index (χ2n) is 4.10. The minimum atomic E-state index is -0.286. The van der Waals surface area contributed by atoms with Crippen molar-refractivity contribution < 1.29 is 4.39 Å². The Morgan fingerprint density at radius 3 is 2.76 bits per heavy atom. The second-order valence-corrected chi connectivity index (χ2v) is 5.41. The Balaban J connectivity index is 2.72. The van der Waals surface area contributed by atoms with Crippen LogP contribution in [0.1, 0.15) is 25.5 Å². The summed E-state index contributed by atoms with van der Waals surface area (Å²) in [5.74, 6) is -0.0212. The lowest BCUT2D eigenvalue weighted by Crippen LogP contribution is -2.04. The number of hydrogen-bond acceptors (Lipinski definition) is 1. The van der Waals surface area contributed by atoms with Crippen LogP contribution in [0.3, 0.4) is 0 Å². The first-order chi connectivity index (χ1) is 8.00. The van der Waals surface area contributed by atoms with Crippen LogP contribution in [0.15, 0.2) is 28.9 Å². The number of imidazole rings is 1. The Hall–Kier alpha value is -0.940. The molecule has 1 aromatic heterocycles. The van der Waals surface area contributed by atoms with Crippen molar-refractivity contribution in [3.8, 4) is 5.69 Å². The van der Waals surface area contributed by atoms with Crippen LogP contribution in [0.2, 0.25) is 0 Å². The number of nitrogens with one attached hydrogen (secondary N) is 1. The highest BCUT2D eigenvalue weighted by Crippen LogP contribution is 2.24. The Labute approximate surface area is 113 Å². The van der Waals surface area contributed by atoms with Gasteiger partial charge >= 0.3 is 0 Å². The maximum absolute atomic E-state index is 13.9. The number of hydrogen-bond donors (Lipinski definition) is 1. The van der Waals surface area contributed by atoms with Crippen molar-refractivity contribution in [2.75, 3.05) is 0 Å². The summed E-state index contributed by atoms with van der Waals surface area (Å²) < 4.78 is 16.9. The predicted molar refractivity (Wildman–Crippen MR) is 72.7 cm³/mol. The zero-order chi connectivity index (χ0) is 12.6. The smallest absolute Gasteiger partial charge is 0.182 e. The number of halogens is 2. The fourth-order valence-electron chi connectivity index (χ4n) is 1.71. The van der Waals surface area contributed by atoms with Crippen molar-refractivity contribution in [1.82, 2.24) is 9.55 Å². The molecular weight excluding hydrogens is 303 g/mol. The van der Waals surface area contributed by atoms with E-state index in [9.17, 15) is 4.39 Å². The Morgan fingerprint density at radius 2 is 2.12 bits per heavy atom. The predicted octanol–water partition coefficient (Wildman–Crippen LogP) is 4.56. The van der Waals surface area contributed by atoms with Gasteiger partial charge in [0.15, 0.2) is 4.77 Å². The highest BCUT2D eigenvalue weighted by molar-refractivity contribution is 9.10. The van der Waals surface area contributed by atoms with Gasteiger partial charge in [-0.2, -0.15) is 0 Å². The molecule has 0 fully saturated rings. The molecular formula is C12H12BrFN2S. The third-order valence-electron chi connectivity index (χ3n) is 2.55. The van der Waals surface area contributed by atoms with Crippen LogP contribution in [0.4, 0.5) is 4.39 Å². The Morgan fingerprint density at radius 1 is 1.41 bits per heavy atom. The summed E-state index contributed by atoms with van der Waals surface area (Å²) in [4.78, 5) is 2.96. The fourth-order valence-corrected chi connectivity index (χ4v) is 2.32. The van der Waals surface area contributed by atoms with Crippen molar-refractivity contribution in [3.05, 3.63) is 45.2 Å². The monoisotopic (exact) mass is 314 g/mol. The van der Waals surface area contributed by atoms with E-state index in [-0.39, 0.29) is 11.7 Å². The van der Waals surface area contributed by atoms with Crippen LogP contribution in [-0.2, 0) is 0 Å². The van der Waals surface area contributed by atoms with E-state index < -0.39 is 0 Å². The van der Waals surface area contributed by atoms with Gasteiger partial charge in [-0.25, -0.2) is 4.39 Å². The summed E-state index contributed by atoms with van der Waals surface area (Å²) >= 11 is 8.55. The third-order valence-corrected chi connectivity index (χ3v) is 3.34. The first-order valence-electron chi connectivity index (χ1n) is 5.26. The van der Waals surface area contributed by atoms with Crippen LogP contribution >= 0.6 is 28.1 Å². The number of benzene rings is 1. The summed E-state index contributed by atoms with van der Waals surface area (Å²) in [6, 6.07) is 4.83. The molecule has 2 aromatic rings. The van der Waals surface area contributed by atoms with Crippen LogP contribution in [0.5, 0.6) is 0 Å². The topological polar surface area (TPSA) is 20.7 Å². The van der Waals surface area contributed by atoms with Crippen molar-refractivity contribution in [3.63, 3.8) is 0 Å². The maximum Gasteiger partial charge on any atom is 0.182 e. The maximum atomic E-state index is 13.9. The second kappa shape index (κ2) is 4.74. The van der Waals surface area contributed by atoms with Crippen molar-refractivity contribution >= 4 is 28.1 Å². The average molecular weight is 315 g/mol. The van der Waals surface area contributed by atoms with Crippen LogP contribution in [-0.4, -0.2) is 9.55 Å². The lowest BCUT2D eigenvalue weighted by Gasteiger charge is -2.12. The molecule has 0 radical (unpaired) electrons. The molecule has 5 heteroatoms. The van der Waals surface area contributed by atoms with E-state index in [1.807, 2.05) is 20.0 Å². The molecule has 1 N–H and O–H groups in total. The molecule has 1 aromatic carbocycles. The summed E-state index contributed by atoms with van der Waals surface area (Å²) in [7, 11) is 0. The first-order valence-corrected chi connectivity index (χ1v) is 6.46. The van der Waals surface area contributed by atoms with Gasteiger partial charge in [0.25, 0.3) is 0 Å². The Bertz CT molecular complexity index is 601. The minimum Gasteiger partial charge on any atom is -0.337 e.